The van der Waals surface area contributed by atoms with Gasteiger partial charge in [0.25, 0.3) is 5.91 Å². The van der Waals surface area contributed by atoms with Gasteiger partial charge in [0.2, 0.25) is 10.0 Å². The Morgan fingerprint density at radius 1 is 1.09 bits per heavy atom. The molecule has 0 heterocycles. The van der Waals surface area contributed by atoms with E-state index in [4.69, 9.17) is 23.2 Å². The first-order valence-electron chi connectivity index (χ1n) is 6.51. The number of sulfonamides is 1. The Kier molecular flexibility index (Phi) is 5.19. The van der Waals surface area contributed by atoms with Crippen molar-refractivity contribution in [1.82, 2.24) is 0 Å². The van der Waals surface area contributed by atoms with Crippen LogP contribution in [0.4, 0.5) is 11.4 Å². The molecule has 0 saturated carbocycles. The SMILES string of the molecule is Cc1c(NS(C)(=O)=O)cccc1C(=O)Nc1cc(Cl)ccc1Cl. The van der Waals surface area contributed by atoms with Gasteiger partial charge >= 0.3 is 0 Å². The maximum absolute atomic E-state index is 12.4. The van der Waals surface area contributed by atoms with E-state index in [0.717, 1.165) is 6.26 Å². The van der Waals surface area contributed by atoms with Gasteiger partial charge in [-0.2, -0.15) is 0 Å². The summed E-state index contributed by atoms with van der Waals surface area (Å²) in [6, 6.07) is 9.50. The van der Waals surface area contributed by atoms with Crippen molar-refractivity contribution in [3.63, 3.8) is 0 Å². The van der Waals surface area contributed by atoms with Gasteiger partial charge in [0.1, 0.15) is 0 Å². The monoisotopic (exact) mass is 372 g/mol. The maximum Gasteiger partial charge on any atom is 0.256 e. The second-order valence-corrected chi connectivity index (χ2v) is 7.52. The molecular weight excluding hydrogens is 359 g/mol. The minimum Gasteiger partial charge on any atom is -0.321 e. The molecule has 23 heavy (non-hydrogen) atoms. The van der Waals surface area contributed by atoms with Gasteiger partial charge in [0, 0.05) is 10.6 Å². The third kappa shape index (κ3) is 4.60. The predicted molar refractivity (Wildman–Crippen MR) is 94.1 cm³/mol. The molecule has 0 spiro atoms. The Hall–Kier alpha value is -1.76. The predicted octanol–water partition coefficient (Wildman–Crippen LogP) is 3.93. The molecule has 0 saturated heterocycles. The van der Waals surface area contributed by atoms with Crippen molar-refractivity contribution in [3.05, 3.63) is 57.6 Å². The van der Waals surface area contributed by atoms with Gasteiger partial charge in [-0.05, 0) is 42.8 Å². The zero-order valence-corrected chi connectivity index (χ0v) is 14.7. The second kappa shape index (κ2) is 6.78. The van der Waals surface area contributed by atoms with Crippen molar-refractivity contribution >= 4 is 50.5 Å². The van der Waals surface area contributed by atoms with Crippen molar-refractivity contribution in [1.29, 1.82) is 0 Å². The highest BCUT2D eigenvalue weighted by Gasteiger charge is 2.15. The number of hydrogen-bond acceptors (Lipinski definition) is 3. The highest BCUT2D eigenvalue weighted by Crippen LogP contribution is 2.27. The number of carbonyl (C=O) groups excluding carboxylic acids is 1. The molecule has 1 amide bonds. The maximum atomic E-state index is 12.4. The van der Waals surface area contributed by atoms with Crippen LogP contribution in [-0.2, 0) is 10.0 Å². The first-order chi connectivity index (χ1) is 10.7. The molecule has 2 rings (SSSR count). The number of rotatable bonds is 4. The van der Waals surface area contributed by atoms with Gasteiger partial charge in [-0.1, -0.05) is 29.3 Å². The molecule has 5 nitrogen and oxygen atoms in total. The molecule has 0 aromatic heterocycles. The van der Waals surface area contributed by atoms with Crippen molar-refractivity contribution in [3.8, 4) is 0 Å². The standard InChI is InChI=1S/C15H14Cl2N2O3S/c1-9-11(4-3-5-13(9)19-23(2,21)22)15(20)18-14-8-10(16)6-7-12(14)17/h3-8,19H,1-2H3,(H,18,20). The van der Waals surface area contributed by atoms with Crippen LogP contribution in [0.5, 0.6) is 0 Å². The Morgan fingerprint density at radius 2 is 1.78 bits per heavy atom. The summed E-state index contributed by atoms with van der Waals surface area (Å²) in [6.45, 7) is 1.65. The van der Waals surface area contributed by atoms with Gasteiger partial charge in [-0.25, -0.2) is 8.42 Å². The fourth-order valence-corrected chi connectivity index (χ4v) is 2.93. The lowest BCUT2D eigenvalue weighted by Crippen LogP contribution is -2.16. The lowest BCUT2D eigenvalue weighted by molar-refractivity contribution is 0.102. The van der Waals surface area contributed by atoms with Crippen molar-refractivity contribution in [2.24, 2.45) is 0 Å². The van der Waals surface area contributed by atoms with E-state index in [1.807, 2.05) is 0 Å². The van der Waals surface area contributed by atoms with Gasteiger partial charge in [0.05, 0.1) is 22.7 Å². The van der Waals surface area contributed by atoms with Crippen LogP contribution in [0, 0.1) is 6.92 Å². The minimum atomic E-state index is -3.43. The van der Waals surface area contributed by atoms with Crippen LogP contribution < -0.4 is 10.0 Å². The Morgan fingerprint density at radius 3 is 2.43 bits per heavy atom. The average molecular weight is 373 g/mol. The van der Waals surface area contributed by atoms with Gasteiger partial charge in [-0.15, -0.1) is 0 Å². The van der Waals surface area contributed by atoms with Crippen LogP contribution in [0.1, 0.15) is 15.9 Å². The number of nitrogens with one attached hydrogen (secondary N) is 2. The lowest BCUT2D eigenvalue weighted by atomic mass is 10.1. The van der Waals surface area contributed by atoms with Crippen LogP contribution >= 0.6 is 23.2 Å². The quantitative estimate of drug-likeness (QED) is 0.853. The van der Waals surface area contributed by atoms with E-state index in [9.17, 15) is 13.2 Å². The molecule has 2 aromatic rings. The van der Waals surface area contributed by atoms with E-state index in [0.29, 0.717) is 32.5 Å². The number of benzene rings is 2. The molecule has 0 radical (unpaired) electrons. The summed E-state index contributed by atoms with van der Waals surface area (Å²) in [5, 5.41) is 3.46. The zero-order chi connectivity index (χ0) is 17.2. The summed E-state index contributed by atoms with van der Waals surface area (Å²) in [6.07, 6.45) is 1.05. The molecule has 122 valence electrons. The normalized spacial score (nSPS) is 11.1. The summed E-state index contributed by atoms with van der Waals surface area (Å²) >= 11 is 11.9. The average Bonchev–Trinajstić information content (AvgIpc) is 2.43. The number of halogens is 2. The molecule has 2 aromatic carbocycles. The highest BCUT2D eigenvalue weighted by atomic mass is 35.5. The summed E-state index contributed by atoms with van der Waals surface area (Å²) in [7, 11) is -3.43. The molecular formula is C15H14Cl2N2O3S. The summed E-state index contributed by atoms with van der Waals surface area (Å²) in [4.78, 5) is 12.4. The van der Waals surface area contributed by atoms with E-state index in [-0.39, 0.29) is 0 Å². The molecule has 0 fully saturated rings. The van der Waals surface area contributed by atoms with Crippen LogP contribution in [0.15, 0.2) is 36.4 Å². The smallest absolute Gasteiger partial charge is 0.256 e. The number of carbonyl (C=O) groups is 1. The Labute approximate surface area is 144 Å². The first-order valence-corrected chi connectivity index (χ1v) is 9.16. The Balaban J connectivity index is 2.33. The summed E-state index contributed by atoms with van der Waals surface area (Å²) < 4.78 is 25.1. The largest absolute Gasteiger partial charge is 0.321 e. The van der Waals surface area contributed by atoms with Crippen LogP contribution in [-0.4, -0.2) is 20.6 Å². The van der Waals surface area contributed by atoms with E-state index in [2.05, 4.69) is 10.0 Å². The van der Waals surface area contributed by atoms with Gasteiger partial charge in [0.15, 0.2) is 0 Å². The second-order valence-electron chi connectivity index (χ2n) is 4.93. The van der Waals surface area contributed by atoms with Crippen molar-refractivity contribution in [2.75, 3.05) is 16.3 Å². The lowest BCUT2D eigenvalue weighted by Gasteiger charge is -2.13. The minimum absolute atomic E-state index is 0.328. The zero-order valence-electron chi connectivity index (χ0n) is 12.4. The van der Waals surface area contributed by atoms with Crippen LogP contribution in [0.25, 0.3) is 0 Å². The van der Waals surface area contributed by atoms with Crippen LogP contribution in [0.3, 0.4) is 0 Å². The molecule has 2 N–H and O–H groups in total. The first kappa shape index (κ1) is 17.6. The Bertz CT molecular complexity index is 867. The third-order valence-corrected chi connectivity index (χ3v) is 4.21. The van der Waals surface area contributed by atoms with E-state index >= 15 is 0 Å². The third-order valence-electron chi connectivity index (χ3n) is 3.05. The van der Waals surface area contributed by atoms with Crippen molar-refractivity contribution < 1.29 is 13.2 Å². The fourth-order valence-electron chi connectivity index (χ4n) is 1.97. The van der Waals surface area contributed by atoms with E-state index in [1.165, 1.54) is 6.07 Å². The van der Waals surface area contributed by atoms with Gasteiger partial charge in [-0.3, -0.25) is 9.52 Å². The molecule has 0 aliphatic rings. The fraction of sp³-hybridized carbons (Fsp3) is 0.133. The topological polar surface area (TPSA) is 75.3 Å². The van der Waals surface area contributed by atoms with Crippen LogP contribution in [0.2, 0.25) is 10.0 Å². The molecule has 8 heteroatoms. The number of hydrogen-bond donors (Lipinski definition) is 2. The molecule has 0 unspecified atom stereocenters. The van der Waals surface area contributed by atoms with Gasteiger partial charge < -0.3 is 5.32 Å². The van der Waals surface area contributed by atoms with E-state index in [1.54, 1.807) is 37.3 Å². The number of anilines is 2. The molecule has 0 atom stereocenters. The summed E-state index contributed by atoms with van der Waals surface area (Å²) in [5.41, 5.74) is 1.56. The molecule has 0 bridgehead atoms. The molecule has 0 aliphatic heterocycles. The summed E-state index contributed by atoms with van der Waals surface area (Å²) in [5.74, 6) is -0.413. The molecule has 0 aliphatic carbocycles. The van der Waals surface area contributed by atoms with Crippen molar-refractivity contribution in [2.45, 2.75) is 6.92 Å². The highest BCUT2D eigenvalue weighted by molar-refractivity contribution is 7.92. The number of amides is 1. The van der Waals surface area contributed by atoms with E-state index < -0.39 is 15.9 Å².